The molecule has 0 aliphatic heterocycles. The first-order valence-corrected chi connectivity index (χ1v) is 3.32. The average Bonchev–Trinajstić information content (AvgIpc) is 1.87. The molecule has 0 heterocycles. The summed E-state index contributed by atoms with van der Waals surface area (Å²) in [5.41, 5.74) is 9.86. The molecule has 0 aromatic rings. The maximum Gasteiger partial charge on any atom is 0.234 e. The second-order valence-electron chi connectivity index (χ2n) is 2.25. The quantitative estimate of drug-likeness (QED) is 0.447. The van der Waals surface area contributed by atoms with E-state index >= 15 is 0 Å². The Bertz CT molecular complexity index is 158. The molecule has 0 saturated carbocycles. The smallest absolute Gasteiger partial charge is 0.234 e. The fraction of sp³-hybridized carbons (Fsp3) is 0.667. The zero-order chi connectivity index (χ0) is 8.85. The molecule has 11 heavy (non-hydrogen) atoms. The summed E-state index contributed by atoms with van der Waals surface area (Å²) < 4.78 is 0. The minimum atomic E-state index is -0.464. The molecule has 1 atom stereocenters. The molecule has 0 aliphatic carbocycles. The molecular weight excluding hydrogens is 146 g/mol. The van der Waals surface area contributed by atoms with Crippen molar-refractivity contribution < 1.29 is 9.59 Å². The van der Waals surface area contributed by atoms with Crippen molar-refractivity contribution in [3.8, 4) is 0 Å². The van der Waals surface area contributed by atoms with Gasteiger partial charge in [-0.25, -0.2) is 0 Å². The molecule has 2 amide bonds. The SMILES string of the molecule is CNC(CCC(N)=O)C(N)=O. The Morgan fingerprint density at radius 2 is 2.00 bits per heavy atom. The van der Waals surface area contributed by atoms with Crippen molar-refractivity contribution >= 4 is 11.8 Å². The van der Waals surface area contributed by atoms with E-state index in [1.54, 1.807) is 7.05 Å². The summed E-state index contributed by atoms with van der Waals surface area (Å²) in [6, 6.07) is -0.456. The zero-order valence-electron chi connectivity index (χ0n) is 6.46. The van der Waals surface area contributed by atoms with Gasteiger partial charge in [-0.05, 0) is 13.5 Å². The molecule has 0 rings (SSSR count). The van der Waals surface area contributed by atoms with Crippen molar-refractivity contribution in [1.82, 2.24) is 5.32 Å². The van der Waals surface area contributed by atoms with Crippen LogP contribution in [0.2, 0.25) is 0 Å². The highest BCUT2D eigenvalue weighted by Crippen LogP contribution is 1.94. The van der Waals surface area contributed by atoms with Crippen LogP contribution in [0.25, 0.3) is 0 Å². The van der Waals surface area contributed by atoms with Gasteiger partial charge < -0.3 is 16.8 Å². The van der Waals surface area contributed by atoms with Crippen LogP contribution < -0.4 is 16.8 Å². The van der Waals surface area contributed by atoms with Crippen molar-refractivity contribution in [1.29, 1.82) is 0 Å². The van der Waals surface area contributed by atoms with Gasteiger partial charge in [0.1, 0.15) is 0 Å². The van der Waals surface area contributed by atoms with Crippen LogP contribution in [0.4, 0.5) is 0 Å². The number of hydrogen-bond acceptors (Lipinski definition) is 3. The average molecular weight is 159 g/mol. The third kappa shape index (κ3) is 4.32. The topological polar surface area (TPSA) is 98.2 Å². The summed E-state index contributed by atoms with van der Waals surface area (Å²) in [5.74, 6) is -0.889. The highest BCUT2D eigenvalue weighted by Gasteiger charge is 2.12. The number of primary amides is 2. The van der Waals surface area contributed by atoms with Crippen LogP contribution in [0.1, 0.15) is 12.8 Å². The molecule has 64 valence electrons. The van der Waals surface area contributed by atoms with Crippen LogP contribution >= 0.6 is 0 Å². The van der Waals surface area contributed by atoms with Crippen molar-refractivity contribution in [3.63, 3.8) is 0 Å². The highest BCUT2D eigenvalue weighted by molar-refractivity contribution is 5.81. The third-order valence-electron chi connectivity index (χ3n) is 1.37. The number of amides is 2. The normalized spacial score (nSPS) is 12.5. The zero-order valence-corrected chi connectivity index (χ0v) is 6.46. The molecule has 0 bridgehead atoms. The van der Waals surface area contributed by atoms with Crippen LogP contribution in [0, 0.1) is 0 Å². The molecule has 0 radical (unpaired) electrons. The van der Waals surface area contributed by atoms with Gasteiger partial charge in [0.05, 0.1) is 6.04 Å². The van der Waals surface area contributed by atoms with Gasteiger partial charge in [-0.2, -0.15) is 0 Å². The number of nitrogens with two attached hydrogens (primary N) is 2. The first-order chi connectivity index (χ1) is 5.07. The van der Waals surface area contributed by atoms with E-state index in [-0.39, 0.29) is 6.42 Å². The second-order valence-corrected chi connectivity index (χ2v) is 2.25. The molecule has 5 N–H and O–H groups in total. The van der Waals surface area contributed by atoms with Crippen LogP contribution in [0.5, 0.6) is 0 Å². The monoisotopic (exact) mass is 159 g/mol. The van der Waals surface area contributed by atoms with Crippen LogP contribution in [-0.4, -0.2) is 24.9 Å². The number of rotatable bonds is 5. The highest BCUT2D eigenvalue weighted by atomic mass is 16.1. The van der Waals surface area contributed by atoms with Crippen LogP contribution in [0.3, 0.4) is 0 Å². The number of hydrogen-bond donors (Lipinski definition) is 3. The summed E-state index contributed by atoms with van der Waals surface area (Å²) >= 11 is 0. The molecular formula is C6H13N3O2. The maximum absolute atomic E-state index is 10.6. The molecule has 5 nitrogen and oxygen atoms in total. The summed E-state index contributed by atoms with van der Waals surface area (Å²) in [7, 11) is 1.61. The fourth-order valence-electron chi connectivity index (χ4n) is 0.715. The molecule has 1 unspecified atom stereocenters. The van der Waals surface area contributed by atoms with E-state index in [0.29, 0.717) is 6.42 Å². The van der Waals surface area contributed by atoms with E-state index in [9.17, 15) is 9.59 Å². The predicted molar refractivity (Wildman–Crippen MR) is 40.5 cm³/mol. The third-order valence-corrected chi connectivity index (χ3v) is 1.37. The van der Waals surface area contributed by atoms with Gasteiger partial charge >= 0.3 is 0 Å². The lowest BCUT2D eigenvalue weighted by Crippen LogP contribution is -2.39. The largest absolute Gasteiger partial charge is 0.370 e. The van der Waals surface area contributed by atoms with Crippen LogP contribution in [0.15, 0.2) is 0 Å². The van der Waals surface area contributed by atoms with Gasteiger partial charge in [0, 0.05) is 6.42 Å². The fourth-order valence-corrected chi connectivity index (χ4v) is 0.715. The molecule has 0 saturated heterocycles. The van der Waals surface area contributed by atoms with E-state index in [0.717, 1.165) is 0 Å². The lowest BCUT2D eigenvalue weighted by molar-refractivity contribution is -0.120. The maximum atomic E-state index is 10.6. The number of likely N-dealkylation sites (N-methyl/N-ethyl adjacent to an activating group) is 1. The van der Waals surface area contributed by atoms with Gasteiger partial charge in [-0.3, -0.25) is 9.59 Å². The number of nitrogens with one attached hydrogen (secondary N) is 1. The van der Waals surface area contributed by atoms with Gasteiger partial charge in [-0.1, -0.05) is 0 Å². The Balaban J connectivity index is 3.70. The van der Waals surface area contributed by atoms with Crippen molar-refractivity contribution in [3.05, 3.63) is 0 Å². The summed E-state index contributed by atoms with van der Waals surface area (Å²) in [4.78, 5) is 20.8. The van der Waals surface area contributed by atoms with Crippen molar-refractivity contribution in [2.24, 2.45) is 11.5 Å². The molecule has 0 fully saturated rings. The van der Waals surface area contributed by atoms with Gasteiger partial charge in [0.25, 0.3) is 0 Å². The van der Waals surface area contributed by atoms with E-state index < -0.39 is 17.9 Å². The number of carbonyl (C=O) groups excluding carboxylic acids is 2. The standard InChI is InChI=1S/C6H13N3O2/c1-9-4(6(8)11)2-3-5(7)10/h4,9H,2-3H2,1H3,(H2,7,10)(H2,8,11). The summed E-state index contributed by atoms with van der Waals surface area (Å²) in [6.07, 6.45) is 0.537. The first kappa shape index (κ1) is 9.90. The van der Waals surface area contributed by atoms with Crippen molar-refractivity contribution in [2.75, 3.05) is 7.05 Å². The Morgan fingerprint density at radius 3 is 2.27 bits per heavy atom. The Labute approximate surface area is 65.1 Å². The molecule has 0 aromatic carbocycles. The minimum Gasteiger partial charge on any atom is -0.370 e. The summed E-state index contributed by atoms with van der Waals surface area (Å²) in [6.45, 7) is 0. The van der Waals surface area contributed by atoms with Gasteiger partial charge in [-0.15, -0.1) is 0 Å². The molecule has 0 spiro atoms. The van der Waals surface area contributed by atoms with E-state index in [1.165, 1.54) is 0 Å². The van der Waals surface area contributed by atoms with E-state index in [1.807, 2.05) is 0 Å². The van der Waals surface area contributed by atoms with Gasteiger partial charge in [0.2, 0.25) is 11.8 Å². The van der Waals surface area contributed by atoms with E-state index in [4.69, 9.17) is 11.5 Å². The Hall–Kier alpha value is -1.10. The van der Waals surface area contributed by atoms with Crippen LogP contribution in [-0.2, 0) is 9.59 Å². The molecule has 0 aliphatic rings. The predicted octanol–water partition coefficient (Wildman–Crippen LogP) is -1.67. The Kier molecular flexibility index (Phi) is 4.21. The summed E-state index contributed by atoms with van der Waals surface area (Å²) in [5, 5.41) is 2.67. The molecule has 0 aromatic heterocycles. The van der Waals surface area contributed by atoms with E-state index in [2.05, 4.69) is 5.32 Å². The lowest BCUT2D eigenvalue weighted by Gasteiger charge is -2.09. The Morgan fingerprint density at radius 1 is 1.45 bits per heavy atom. The number of carbonyl (C=O) groups is 2. The van der Waals surface area contributed by atoms with Crippen molar-refractivity contribution in [2.45, 2.75) is 18.9 Å². The first-order valence-electron chi connectivity index (χ1n) is 3.32. The second kappa shape index (κ2) is 4.68. The van der Waals surface area contributed by atoms with Gasteiger partial charge in [0.15, 0.2) is 0 Å². The molecule has 5 heteroatoms. The minimum absolute atomic E-state index is 0.175. The lowest BCUT2D eigenvalue weighted by atomic mass is 10.1.